The van der Waals surface area contributed by atoms with E-state index < -0.39 is 17.7 Å². The number of Topliss-reactive ketones (excluding diaryl/α,β-unsaturated/α-hetero) is 1. The maximum Gasteiger partial charge on any atom is 0.300 e. The van der Waals surface area contributed by atoms with Crippen molar-refractivity contribution in [2.75, 3.05) is 11.5 Å². The Labute approximate surface area is 187 Å². The molecule has 0 spiro atoms. The lowest BCUT2D eigenvalue weighted by Gasteiger charge is -2.25. The number of ketones is 1. The minimum atomic E-state index is -0.751. The third kappa shape index (κ3) is 3.89. The van der Waals surface area contributed by atoms with Crippen LogP contribution in [0.15, 0.2) is 84.4 Å². The average Bonchev–Trinajstić information content (AvgIpc) is 3.10. The quantitative estimate of drug-likeness (QED) is 0.330. The van der Waals surface area contributed by atoms with Crippen molar-refractivity contribution in [2.24, 2.45) is 0 Å². The van der Waals surface area contributed by atoms with E-state index in [9.17, 15) is 14.7 Å². The van der Waals surface area contributed by atoms with Crippen LogP contribution in [0, 0.1) is 0 Å². The predicted molar refractivity (Wildman–Crippen MR) is 125 cm³/mol. The van der Waals surface area contributed by atoms with E-state index in [0.717, 1.165) is 17.5 Å². The molecular formula is C27H25NO4. The zero-order valence-corrected chi connectivity index (χ0v) is 18.1. The monoisotopic (exact) mass is 427 g/mol. The van der Waals surface area contributed by atoms with Crippen LogP contribution < -0.4 is 9.64 Å². The van der Waals surface area contributed by atoms with Crippen LogP contribution in [0.1, 0.15) is 36.6 Å². The molecule has 5 nitrogen and oxygen atoms in total. The van der Waals surface area contributed by atoms with E-state index in [1.807, 2.05) is 56.3 Å². The highest BCUT2D eigenvalue weighted by molar-refractivity contribution is 6.51. The second-order valence-corrected chi connectivity index (χ2v) is 7.56. The molecule has 1 fully saturated rings. The van der Waals surface area contributed by atoms with Crippen molar-refractivity contribution in [1.82, 2.24) is 0 Å². The highest BCUT2D eigenvalue weighted by Gasteiger charge is 2.47. The number of nitrogens with zero attached hydrogens (tertiary/aromatic N) is 1. The van der Waals surface area contributed by atoms with E-state index in [-0.39, 0.29) is 11.3 Å². The van der Waals surface area contributed by atoms with Crippen LogP contribution in [0.4, 0.5) is 5.69 Å². The minimum absolute atomic E-state index is 0.0762. The lowest BCUT2D eigenvalue weighted by Crippen LogP contribution is -2.29. The van der Waals surface area contributed by atoms with Gasteiger partial charge in [0.05, 0.1) is 18.2 Å². The number of carbonyl (C=O) groups excluding carboxylic acids is 2. The first-order valence-corrected chi connectivity index (χ1v) is 10.7. The molecule has 1 atom stereocenters. The molecule has 0 radical (unpaired) electrons. The molecule has 1 saturated heterocycles. The van der Waals surface area contributed by atoms with Gasteiger partial charge in [0.1, 0.15) is 11.5 Å². The van der Waals surface area contributed by atoms with Crippen LogP contribution >= 0.6 is 0 Å². The number of ether oxygens (including phenoxy) is 1. The van der Waals surface area contributed by atoms with Gasteiger partial charge < -0.3 is 9.84 Å². The van der Waals surface area contributed by atoms with Crippen molar-refractivity contribution in [3.63, 3.8) is 0 Å². The largest absolute Gasteiger partial charge is 0.507 e. The lowest BCUT2D eigenvalue weighted by atomic mass is 9.95. The van der Waals surface area contributed by atoms with Crippen molar-refractivity contribution < 1.29 is 19.4 Å². The van der Waals surface area contributed by atoms with Gasteiger partial charge in [-0.15, -0.1) is 0 Å². The number of aliphatic hydroxyl groups excluding tert-OH is 1. The molecule has 0 aromatic heterocycles. The highest BCUT2D eigenvalue weighted by Crippen LogP contribution is 2.42. The average molecular weight is 428 g/mol. The van der Waals surface area contributed by atoms with E-state index >= 15 is 0 Å². The summed E-state index contributed by atoms with van der Waals surface area (Å²) in [7, 11) is 0. The predicted octanol–water partition coefficient (Wildman–Crippen LogP) is 5.27. The third-order valence-corrected chi connectivity index (χ3v) is 5.60. The van der Waals surface area contributed by atoms with Crippen LogP contribution in [-0.4, -0.2) is 23.4 Å². The molecule has 3 aromatic carbocycles. The molecule has 0 saturated carbocycles. The Morgan fingerprint density at radius 3 is 2.31 bits per heavy atom. The van der Waals surface area contributed by atoms with E-state index in [1.54, 1.807) is 36.4 Å². The summed E-state index contributed by atoms with van der Waals surface area (Å²) in [5, 5.41) is 11.2. The molecule has 0 aliphatic carbocycles. The number of hydrogen-bond donors (Lipinski definition) is 1. The Morgan fingerprint density at radius 1 is 0.938 bits per heavy atom. The van der Waals surface area contributed by atoms with Crippen LogP contribution in [0.5, 0.6) is 5.75 Å². The summed E-state index contributed by atoms with van der Waals surface area (Å²) >= 11 is 0. The Bertz CT molecular complexity index is 1170. The molecule has 32 heavy (non-hydrogen) atoms. The molecule has 3 aromatic rings. The van der Waals surface area contributed by atoms with E-state index in [2.05, 4.69) is 0 Å². The van der Waals surface area contributed by atoms with Crippen molar-refractivity contribution in [3.05, 3.63) is 101 Å². The normalized spacial score (nSPS) is 17.6. The van der Waals surface area contributed by atoms with E-state index in [0.29, 0.717) is 23.6 Å². The van der Waals surface area contributed by atoms with Gasteiger partial charge in [0.25, 0.3) is 11.7 Å². The molecular weight excluding hydrogens is 402 g/mol. The first-order valence-electron chi connectivity index (χ1n) is 10.7. The van der Waals surface area contributed by atoms with Gasteiger partial charge in [0, 0.05) is 17.3 Å². The lowest BCUT2D eigenvalue weighted by molar-refractivity contribution is -0.132. The number of benzene rings is 3. The Hall–Kier alpha value is -3.86. The number of hydrogen-bond acceptors (Lipinski definition) is 4. The molecule has 1 heterocycles. The molecule has 1 unspecified atom stereocenters. The molecule has 1 N–H and O–H groups in total. The first-order chi connectivity index (χ1) is 15.5. The summed E-state index contributed by atoms with van der Waals surface area (Å²) in [4.78, 5) is 27.8. The maximum atomic E-state index is 13.2. The number of anilines is 1. The van der Waals surface area contributed by atoms with Gasteiger partial charge in [0.2, 0.25) is 0 Å². The Kier molecular flexibility index (Phi) is 6.08. The van der Waals surface area contributed by atoms with Gasteiger partial charge in [-0.05, 0) is 36.6 Å². The number of aliphatic hydroxyl groups is 1. The summed E-state index contributed by atoms with van der Waals surface area (Å²) < 4.78 is 5.59. The molecule has 162 valence electrons. The standard InChI is InChI=1S/C27H25NO4/c1-3-18-13-15-20(16-14-18)25(29)23-24(19-9-6-5-7-10-19)28(27(31)26(23)30)21-11-8-12-22(17-21)32-4-2/h5-17,24,29H,3-4H2,1-2H3/b25-23+. The fraction of sp³-hybridized carbons (Fsp3) is 0.185. The molecule has 1 amide bonds. The molecule has 0 bridgehead atoms. The first kappa shape index (κ1) is 21.4. The summed E-state index contributed by atoms with van der Waals surface area (Å²) in [5.74, 6) is -0.964. The minimum Gasteiger partial charge on any atom is -0.507 e. The molecule has 4 rings (SSSR count). The van der Waals surface area contributed by atoms with Gasteiger partial charge in [-0.1, -0.05) is 67.6 Å². The number of rotatable bonds is 6. The smallest absolute Gasteiger partial charge is 0.300 e. The zero-order valence-electron chi connectivity index (χ0n) is 18.1. The summed E-state index contributed by atoms with van der Waals surface area (Å²) in [5.41, 5.74) is 2.97. The topological polar surface area (TPSA) is 66.8 Å². The SMILES string of the molecule is CCOc1cccc(N2C(=O)C(=O)/C(=C(/O)c3ccc(CC)cc3)C2c2ccccc2)c1. The Balaban J connectivity index is 1.89. The molecule has 1 aliphatic heterocycles. The third-order valence-electron chi connectivity index (χ3n) is 5.60. The van der Waals surface area contributed by atoms with Crippen molar-refractivity contribution in [1.29, 1.82) is 0 Å². The van der Waals surface area contributed by atoms with E-state index in [1.165, 1.54) is 4.90 Å². The highest BCUT2D eigenvalue weighted by atomic mass is 16.5. The van der Waals surface area contributed by atoms with Gasteiger partial charge in [-0.25, -0.2) is 0 Å². The fourth-order valence-electron chi connectivity index (χ4n) is 3.99. The van der Waals surface area contributed by atoms with Gasteiger partial charge in [-0.3, -0.25) is 14.5 Å². The maximum absolute atomic E-state index is 13.2. The van der Waals surface area contributed by atoms with Crippen LogP contribution in [0.2, 0.25) is 0 Å². The van der Waals surface area contributed by atoms with Crippen molar-refractivity contribution in [2.45, 2.75) is 26.3 Å². The second kappa shape index (κ2) is 9.10. The van der Waals surface area contributed by atoms with Crippen LogP contribution in [-0.2, 0) is 16.0 Å². The van der Waals surface area contributed by atoms with E-state index in [4.69, 9.17) is 4.74 Å². The van der Waals surface area contributed by atoms with Gasteiger partial charge >= 0.3 is 0 Å². The zero-order chi connectivity index (χ0) is 22.7. The Morgan fingerprint density at radius 2 is 1.66 bits per heavy atom. The van der Waals surface area contributed by atoms with Gasteiger partial charge in [0.15, 0.2) is 0 Å². The van der Waals surface area contributed by atoms with Crippen LogP contribution in [0.3, 0.4) is 0 Å². The van der Waals surface area contributed by atoms with Gasteiger partial charge in [-0.2, -0.15) is 0 Å². The number of carbonyl (C=O) groups is 2. The molecule has 5 heteroatoms. The summed E-state index contributed by atoms with van der Waals surface area (Å²) in [6.45, 7) is 4.41. The number of aryl methyl sites for hydroxylation is 1. The second-order valence-electron chi connectivity index (χ2n) is 7.56. The molecule has 1 aliphatic rings. The summed E-state index contributed by atoms with van der Waals surface area (Å²) in [6, 6.07) is 23.0. The summed E-state index contributed by atoms with van der Waals surface area (Å²) in [6.07, 6.45) is 0.867. The number of amides is 1. The van der Waals surface area contributed by atoms with Crippen molar-refractivity contribution in [3.8, 4) is 5.75 Å². The fourth-order valence-corrected chi connectivity index (χ4v) is 3.99. The van der Waals surface area contributed by atoms with Crippen molar-refractivity contribution >= 4 is 23.1 Å². The van der Waals surface area contributed by atoms with Crippen LogP contribution in [0.25, 0.3) is 5.76 Å².